The number of aliphatic carboxylic acids is 1. The van der Waals surface area contributed by atoms with Gasteiger partial charge in [0, 0.05) is 30.9 Å². The zero-order valence-electron chi connectivity index (χ0n) is 26.0. The summed E-state index contributed by atoms with van der Waals surface area (Å²) in [6.07, 6.45) is 18.1. The smallest absolute Gasteiger partial charge is 0.315 e. The van der Waals surface area contributed by atoms with Gasteiger partial charge in [0.2, 0.25) is 6.79 Å². The van der Waals surface area contributed by atoms with E-state index in [-0.39, 0.29) is 6.79 Å². The Kier molecular flexibility index (Phi) is 24.7. The second-order valence-corrected chi connectivity index (χ2v) is 6.61. The van der Waals surface area contributed by atoms with Crippen molar-refractivity contribution in [1.29, 1.82) is 0 Å². The van der Waals surface area contributed by atoms with Crippen LogP contribution in [0.15, 0.2) is 42.1 Å². The summed E-state index contributed by atoms with van der Waals surface area (Å²) in [4.78, 5) is 12.2. The lowest BCUT2D eigenvalue weighted by atomic mass is 9.89. The Morgan fingerprint density at radius 2 is 1.50 bits per heavy atom. The zero-order chi connectivity index (χ0) is 30.3. The zero-order valence-corrected chi connectivity index (χ0v) is 26.0. The molecule has 0 bridgehead atoms. The maximum Gasteiger partial charge on any atom is 0.315 e. The molecule has 38 heavy (non-hydrogen) atoms. The second-order valence-electron chi connectivity index (χ2n) is 6.61. The van der Waals surface area contributed by atoms with Crippen LogP contribution < -0.4 is 9.47 Å². The van der Waals surface area contributed by atoms with Crippen LogP contribution >= 0.6 is 0 Å². The molecule has 1 N–H and O–H groups in total. The van der Waals surface area contributed by atoms with E-state index in [9.17, 15) is 9.90 Å². The number of ether oxygens (including phenoxy) is 2. The maximum absolute atomic E-state index is 12.2. The van der Waals surface area contributed by atoms with Crippen LogP contribution in [0.3, 0.4) is 0 Å². The molecule has 1 aromatic carbocycles. The van der Waals surface area contributed by atoms with E-state index in [0.29, 0.717) is 17.1 Å². The second kappa shape index (κ2) is 24.0. The van der Waals surface area contributed by atoms with Crippen molar-refractivity contribution < 1.29 is 19.4 Å². The molecule has 1 aromatic heterocycles. The number of carbonyl (C=O) groups is 1. The largest absolute Gasteiger partial charge is 0.481 e. The van der Waals surface area contributed by atoms with Gasteiger partial charge in [0.15, 0.2) is 11.5 Å². The molecule has 1 aliphatic heterocycles. The highest BCUT2D eigenvalue weighted by Crippen LogP contribution is 2.39. The number of terminal acetylenes is 1. The number of rotatable bonds is 4. The monoisotopic (exact) mass is 527 g/mol. The van der Waals surface area contributed by atoms with Crippen molar-refractivity contribution in [2.24, 2.45) is 7.05 Å². The number of hydrogen-bond donors (Lipinski definition) is 1. The number of fused-ring (bicyclic) bond motifs is 2. The number of carboxylic acid groups (broad SMARTS) is 1. The van der Waals surface area contributed by atoms with Crippen LogP contribution in [-0.4, -0.2) is 22.4 Å². The minimum absolute atomic E-state index is 0.172. The Labute approximate surface area is 233 Å². The molecule has 1 atom stereocenters. The molecule has 1 aliphatic carbocycles. The van der Waals surface area contributed by atoms with E-state index < -0.39 is 11.9 Å². The van der Waals surface area contributed by atoms with Gasteiger partial charge in [-0.25, -0.2) is 0 Å². The standard InChI is InChI=1S/C21H21NO4.5C2H6.C2H2/c1-3-13-4-7-15-16(11-22(2)17(15)8-5-13)20(21(23)24)14-6-9-18-19(10-14)26-12-25-18;6*1-2/h4-7,9-11,20H,3,8,12H2,1-2H3,(H,23,24);5*1-2H3;1-2H. The molecule has 0 spiro atoms. The topological polar surface area (TPSA) is 60.7 Å². The Balaban J connectivity index is -0.000000904. The third-order valence-electron chi connectivity index (χ3n) is 5.10. The molecule has 0 amide bonds. The number of benzene rings is 1. The first kappa shape index (κ1) is 39.1. The number of carboxylic acids is 1. The van der Waals surface area contributed by atoms with Gasteiger partial charge in [-0.1, -0.05) is 106 Å². The van der Waals surface area contributed by atoms with E-state index in [2.05, 4.69) is 38.0 Å². The van der Waals surface area contributed by atoms with Crippen LogP contribution in [0.25, 0.3) is 6.08 Å². The molecule has 4 rings (SSSR count). The van der Waals surface area contributed by atoms with E-state index in [4.69, 9.17) is 9.47 Å². The van der Waals surface area contributed by atoms with Gasteiger partial charge in [0.05, 0.1) is 0 Å². The van der Waals surface area contributed by atoms with Crippen LogP contribution in [0.4, 0.5) is 0 Å². The van der Waals surface area contributed by atoms with Crippen LogP contribution in [0.2, 0.25) is 0 Å². The molecule has 0 saturated heterocycles. The van der Waals surface area contributed by atoms with Crippen molar-refractivity contribution >= 4 is 12.0 Å². The minimum Gasteiger partial charge on any atom is -0.481 e. The predicted octanol–water partition coefficient (Wildman–Crippen LogP) is 9.26. The Morgan fingerprint density at radius 3 is 2.03 bits per heavy atom. The number of aryl methyl sites for hydroxylation is 1. The predicted molar refractivity (Wildman–Crippen MR) is 165 cm³/mol. The third kappa shape index (κ3) is 10.5. The first-order valence-corrected chi connectivity index (χ1v) is 14.1. The highest BCUT2D eigenvalue weighted by atomic mass is 16.7. The lowest BCUT2D eigenvalue weighted by Gasteiger charge is -2.14. The normalized spacial score (nSPS) is 11.8. The number of hydrogen-bond acceptors (Lipinski definition) is 3. The van der Waals surface area contributed by atoms with Gasteiger partial charge in [-0.2, -0.15) is 0 Å². The van der Waals surface area contributed by atoms with Crippen molar-refractivity contribution in [3.05, 3.63) is 64.5 Å². The Hall–Kier alpha value is -3.39. The summed E-state index contributed by atoms with van der Waals surface area (Å²) in [6, 6.07) is 5.36. The highest BCUT2D eigenvalue weighted by Gasteiger charge is 2.29. The van der Waals surface area contributed by atoms with Gasteiger partial charge in [0.25, 0.3) is 0 Å². The first-order chi connectivity index (χ1) is 18.6. The van der Waals surface area contributed by atoms with Crippen molar-refractivity contribution in [1.82, 2.24) is 4.57 Å². The molecule has 214 valence electrons. The molecular weight excluding hydrogens is 474 g/mol. The maximum atomic E-state index is 12.2. The summed E-state index contributed by atoms with van der Waals surface area (Å²) in [5.41, 5.74) is 4.89. The quantitative estimate of drug-likeness (QED) is 0.403. The lowest BCUT2D eigenvalue weighted by molar-refractivity contribution is -0.137. The average molecular weight is 528 g/mol. The van der Waals surface area contributed by atoms with E-state index in [1.165, 1.54) is 5.57 Å². The van der Waals surface area contributed by atoms with Crippen molar-refractivity contribution in [2.75, 3.05) is 6.79 Å². The van der Waals surface area contributed by atoms with Crippen molar-refractivity contribution in [3.63, 3.8) is 0 Å². The molecule has 1 unspecified atom stereocenters. The summed E-state index contributed by atoms with van der Waals surface area (Å²) >= 11 is 0. The Morgan fingerprint density at radius 1 is 0.947 bits per heavy atom. The van der Waals surface area contributed by atoms with Gasteiger partial charge >= 0.3 is 5.97 Å². The molecular formula is C33H53NO4. The first-order valence-electron chi connectivity index (χ1n) is 14.1. The number of nitrogens with zero attached hydrogens (tertiary/aromatic N) is 1. The van der Waals surface area contributed by atoms with Gasteiger partial charge in [-0.15, -0.1) is 12.8 Å². The summed E-state index contributed by atoms with van der Waals surface area (Å²) < 4.78 is 12.8. The highest BCUT2D eigenvalue weighted by molar-refractivity contribution is 5.83. The van der Waals surface area contributed by atoms with Crippen LogP contribution in [0, 0.1) is 12.8 Å². The molecule has 2 heterocycles. The SMILES string of the molecule is C#C.CC.CC.CC.CC.CC.CCC1=CCc2c(c(C(C(=O)O)c3ccc4c(c3)OCO4)cn2C)C=C1. The molecule has 2 aliphatic rings. The summed E-state index contributed by atoms with van der Waals surface area (Å²) in [7, 11) is 1.97. The average Bonchev–Trinajstić information content (AvgIpc) is 3.51. The van der Waals surface area contributed by atoms with Gasteiger partial charge < -0.3 is 19.1 Å². The summed E-state index contributed by atoms with van der Waals surface area (Å²) in [6.45, 7) is 22.3. The minimum atomic E-state index is -0.876. The van der Waals surface area contributed by atoms with Crippen molar-refractivity contribution in [2.45, 2.75) is 94.9 Å². The molecule has 5 heteroatoms. The molecule has 5 nitrogen and oxygen atoms in total. The lowest BCUT2D eigenvalue weighted by Crippen LogP contribution is -2.13. The molecule has 2 aromatic rings. The molecule has 0 fully saturated rings. The van der Waals surface area contributed by atoms with Crippen LogP contribution in [0.5, 0.6) is 11.5 Å². The fraction of sp³-hybridized carbons (Fsp3) is 0.485. The van der Waals surface area contributed by atoms with E-state index in [1.807, 2.05) is 93.1 Å². The van der Waals surface area contributed by atoms with E-state index in [1.54, 1.807) is 12.1 Å². The summed E-state index contributed by atoms with van der Waals surface area (Å²) in [5, 5.41) is 9.99. The number of aromatic nitrogens is 1. The van der Waals surface area contributed by atoms with E-state index >= 15 is 0 Å². The molecule has 0 saturated carbocycles. The molecule has 0 radical (unpaired) electrons. The summed E-state index contributed by atoms with van der Waals surface area (Å²) in [5.74, 6) is -0.381. The van der Waals surface area contributed by atoms with Crippen LogP contribution in [-0.2, 0) is 18.3 Å². The van der Waals surface area contributed by atoms with Gasteiger partial charge in [-0.3, -0.25) is 4.79 Å². The fourth-order valence-electron chi connectivity index (χ4n) is 3.69. The van der Waals surface area contributed by atoms with E-state index in [0.717, 1.165) is 29.7 Å². The van der Waals surface area contributed by atoms with Gasteiger partial charge in [0.1, 0.15) is 5.92 Å². The number of allylic oxidation sites excluding steroid dienone is 3. The third-order valence-corrected chi connectivity index (χ3v) is 5.10. The fourth-order valence-corrected chi connectivity index (χ4v) is 3.69. The van der Waals surface area contributed by atoms with Gasteiger partial charge in [-0.05, 0) is 29.7 Å². The van der Waals surface area contributed by atoms with Crippen LogP contribution in [0.1, 0.15) is 111 Å². The Bertz CT molecular complexity index is 980. The van der Waals surface area contributed by atoms with Crippen molar-refractivity contribution in [3.8, 4) is 24.3 Å².